The molecule has 0 saturated carbocycles. The molecule has 10 aromatic rings. The Kier molecular flexibility index (Phi) is 9.08. The molecule has 0 radical (unpaired) electrons. The monoisotopic (exact) mass is 957 g/mol. The molecule has 11 rings (SSSR count). The van der Waals surface area contributed by atoms with E-state index >= 15 is 0 Å². The summed E-state index contributed by atoms with van der Waals surface area (Å²) >= 11 is 2.50. The molecule has 1 atom stereocenters. The molecule has 0 saturated heterocycles. The molecule has 0 amide bonds. The summed E-state index contributed by atoms with van der Waals surface area (Å²) < 4.78 is 15.0. The Morgan fingerprint density at radius 1 is 0.567 bits per heavy atom. The molecular weight excluding hydrogens is 916 g/mol. The van der Waals surface area contributed by atoms with Crippen LogP contribution in [0, 0.1) is 16.6 Å². The summed E-state index contributed by atoms with van der Waals surface area (Å²) in [6.07, 6.45) is 5.38. The number of fused-ring (bicyclic) bond motifs is 5. The fourth-order valence-corrected chi connectivity index (χ4v) is 10.4. The first kappa shape index (κ1) is 36.5. The van der Waals surface area contributed by atoms with E-state index in [2.05, 4.69) is 211 Å². The van der Waals surface area contributed by atoms with E-state index in [0.29, 0.717) is 5.92 Å². The van der Waals surface area contributed by atoms with Gasteiger partial charge in [-0.1, -0.05) is 6.92 Å². The number of imidazole rings is 1. The fraction of sp³-hybridized carbons (Fsp3) is 0.111. The number of nitrogens with zero attached hydrogens (tertiary/aromatic N) is 4. The van der Waals surface area contributed by atoms with E-state index in [1.54, 1.807) is 0 Å². The number of benzene rings is 7. The first-order valence-electron chi connectivity index (χ1n) is 20.7. The number of ether oxygens (including phenoxy) is 1. The minimum absolute atomic E-state index is 0.701. The Hall–Kier alpha value is -6.55. The normalized spacial score (nSPS) is 13.9. The van der Waals surface area contributed by atoms with Gasteiger partial charge in [-0.25, -0.2) is 0 Å². The summed E-state index contributed by atoms with van der Waals surface area (Å²) in [5.74, 6) is 3.17. The van der Waals surface area contributed by atoms with Crippen LogP contribution < -0.4 is 4.74 Å². The maximum atomic E-state index is 6.81. The Labute approximate surface area is 360 Å². The second kappa shape index (κ2) is 14.9. The van der Waals surface area contributed by atoms with Crippen LogP contribution in [0.1, 0.15) is 30.0 Å². The predicted octanol–water partition coefficient (Wildman–Crippen LogP) is 13.6. The number of aryl methyl sites for hydroxylation is 2. The summed E-state index contributed by atoms with van der Waals surface area (Å²) in [6.45, 7) is 4.50. The molecule has 5 nitrogen and oxygen atoms in total. The molecule has 7 aromatic carbocycles. The number of pyridine rings is 1. The van der Waals surface area contributed by atoms with Crippen LogP contribution in [0.4, 0.5) is 0 Å². The molecule has 0 fully saturated rings. The van der Waals surface area contributed by atoms with Gasteiger partial charge in [0.25, 0.3) is 0 Å². The van der Waals surface area contributed by atoms with Gasteiger partial charge in [0.2, 0.25) is 0 Å². The van der Waals surface area contributed by atoms with Gasteiger partial charge in [0.1, 0.15) is 0 Å². The van der Waals surface area contributed by atoms with Crippen LogP contribution >= 0.6 is 0 Å². The Bertz CT molecular complexity index is 3270. The zero-order valence-electron chi connectivity index (χ0n) is 33.5. The van der Waals surface area contributed by atoms with E-state index in [1.807, 2.05) is 12.3 Å². The molecule has 0 N–H and O–H groups in total. The molecule has 1 aliphatic rings. The van der Waals surface area contributed by atoms with Gasteiger partial charge >= 0.3 is 294 Å². The predicted molar refractivity (Wildman–Crippen MR) is 241 cm³/mol. The smallest absolute Gasteiger partial charge is 0.0622 e. The number of para-hydroxylation sites is 3. The molecule has 0 spiro atoms. The Balaban J connectivity index is 1.05. The molecule has 60 heavy (non-hydrogen) atoms. The van der Waals surface area contributed by atoms with Crippen molar-refractivity contribution in [2.24, 2.45) is 5.92 Å². The second-order valence-corrected chi connectivity index (χ2v) is 17.1. The molecule has 1 aliphatic carbocycles. The van der Waals surface area contributed by atoms with Crippen molar-refractivity contribution in [3.63, 3.8) is 0 Å². The van der Waals surface area contributed by atoms with Gasteiger partial charge in [0.15, 0.2) is 0 Å². The minimum Gasteiger partial charge on any atom is -0.0622 e. The summed E-state index contributed by atoms with van der Waals surface area (Å²) in [7, 11) is 0. The standard InChI is InChI=1S/C54H42N4O.Pt/c1-36-23-24-40-32-51-48(31-41(40)29-36)47-26-25-44(34-52(47)58(51)53-30-37(2)27-28-55-53)59-43-18-11-17-42(33-43)56-35-57(50-22-10-9-21-49(50)56)54-45(38-13-5-3-6-14-38)19-12-20-46(54)39-15-7-4-8-16-39;/h3-22,25-28,30-34,36H,23-24,29H2,1-2H3;. The van der Waals surface area contributed by atoms with Gasteiger partial charge in [-0.15, -0.1) is 0 Å². The molecule has 294 valence electrons. The van der Waals surface area contributed by atoms with Gasteiger partial charge < -0.3 is 0 Å². The molecule has 6 heteroatoms. The topological polar surface area (TPSA) is 36.9 Å². The van der Waals surface area contributed by atoms with E-state index in [-0.39, 0.29) is 0 Å². The van der Waals surface area contributed by atoms with Crippen LogP contribution in [0.5, 0.6) is 11.5 Å². The van der Waals surface area contributed by atoms with E-state index in [4.69, 9.17) is 9.72 Å². The summed E-state index contributed by atoms with van der Waals surface area (Å²) in [6, 6.07) is 60.8. The number of hydrogen-bond donors (Lipinski definition) is 0. The minimum atomic E-state index is 0.701. The van der Waals surface area contributed by atoms with Crippen molar-refractivity contribution >= 4 is 32.8 Å². The van der Waals surface area contributed by atoms with Gasteiger partial charge in [-0.05, 0) is 54.9 Å². The van der Waals surface area contributed by atoms with E-state index in [9.17, 15) is 0 Å². The average Bonchev–Trinajstić information content (AvgIpc) is 3.75. The van der Waals surface area contributed by atoms with Gasteiger partial charge in [-0.2, -0.15) is 0 Å². The third kappa shape index (κ3) is 6.28. The zero-order valence-corrected chi connectivity index (χ0v) is 35.7. The molecule has 1 unspecified atom stereocenters. The Morgan fingerprint density at radius 3 is 1.97 bits per heavy atom. The van der Waals surface area contributed by atoms with E-state index in [1.165, 1.54) is 61.7 Å². The fourth-order valence-electron chi connectivity index (χ4n) is 9.26. The van der Waals surface area contributed by atoms with Crippen LogP contribution in [-0.4, -0.2) is 18.7 Å². The summed E-state index contributed by atoms with van der Waals surface area (Å²) in [5, 5.41) is 2.47. The van der Waals surface area contributed by atoms with Gasteiger partial charge in [0.05, 0.1) is 0 Å². The van der Waals surface area contributed by atoms with E-state index < -0.39 is 0 Å². The average molecular weight is 958 g/mol. The first-order valence-corrected chi connectivity index (χ1v) is 21.9. The van der Waals surface area contributed by atoms with E-state index in [0.717, 1.165) is 61.9 Å². The van der Waals surface area contributed by atoms with Crippen molar-refractivity contribution in [2.75, 3.05) is 0 Å². The molecule has 3 aromatic heterocycles. The number of aromatic nitrogens is 4. The van der Waals surface area contributed by atoms with Crippen molar-refractivity contribution in [1.82, 2.24) is 18.7 Å². The van der Waals surface area contributed by atoms with Crippen molar-refractivity contribution in [3.8, 4) is 50.9 Å². The van der Waals surface area contributed by atoms with Crippen LogP contribution in [0.15, 0.2) is 176 Å². The SMILES string of the molecule is Cc1ccnc(-n2c3cc(Oc4cccc(-n5[c](=[Pt])n(-c6c(-c7ccccc7)cccc6-c6ccccc6)c6ccccc65)c4)ccc3c3cc4c(cc32)CCC(C)C4)c1. The van der Waals surface area contributed by atoms with Crippen LogP contribution in [0.25, 0.3) is 72.3 Å². The van der Waals surface area contributed by atoms with Crippen LogP contribution in [0.2, 0.25) is 0 Å². The molecule has 0 bridgehead atoms. The number of rotatable bonds is 7. The van der Waals surface area contributed by atoms with Crippen LogP contribution in [-0.2, 0) is 32.2 Å². The third-order valence-electron chi connectivity index (χ3n) is 12.1. The van der Waals surface area contributed by atoms with Crippen molar-refractivity contribution < 1.29 is 24.1 Å². The molecular formula is C54H42N4OPt. The first-order chi connectivity index (χ1) is 29.5. The Morgan fingerprint density at radius 2 is 1.23 bits per heavy atom. The third-order valence-corrected chi connectivity index (χ3v) is 13.1. The maximum absolute atomic E-state index is 6.81. The quantitative estimate of drug-likeness (QED) is 0.160. The second-order valence-electron chi connectivity index (χ2n) is 16.1. The van der Waals surface area contributed by atoms with Gasteiger partial charge in [0, 0.05) is 6.20 Å². The molecule has 3 heterocycles. The van der Waals surface area contributed by atoms with Crippen LogP contribution in [0.3, 0.4) is 0 Å². The number of hydrogen-bond acceptors (Lipinski definition) is 2. The summed E-state index contributed by atoms with van der Waals surface area (Å²) in [5.41, 5.74) is 15.5. The zero-order chi connectivity index (χ0) is 40.3. The van der Waals surface area contributed by atoms with Gasteiger partial charge in [-0.3, -0.25) is 0 Å². The van der Waals surface area contributed by atoms with Crippen molar-refractivity contribution in [3.05, 3.63) is 197 Å². The summed E-state index contributed by atoms with van der Waals surface area (Å²) in [4.78, 5) is 4.88. The van der Waals surface area contributed by atoms with Crippen molar-refractivity contribution in [2.45, 2.75) is 33.1 Å². The van der Waals surface area contributed by atoms with Crippen molar-refractivity contribution in [1.29, 1.82) is 0 Å². The molecule has 0 aliphatic heterocycles.